The van der Waals surface area contributed by atoms with Crippen molar-refractivity contribution in [3.63, 3.8) is 0 Å². The second-order valence-corrected chi connectivity index (χ2v) is 3.58. The van der Waals surface area contributed by atoms with Crippen molar-refractivity contribution in [3.8, 4) is 0 Å². The zero-order valence-corrected chi connectivity index (χ0v) is 8.84. The maximum absolute atomic E-state index is 11.0. The number of rotatable bonds is 5. The van der Waals surface area contributed by atoms with E-state index in [1.54, 1.807) is 0 Å². The number of hydrogen-bond donors (Lipinski definition) is 2. The fourth-order valence-electron chi connectivity index (χ4n) is 1.66. The van der Waals surface area contributed by atoms with E-state index in [4.69, 9.17) is 4.74 Å². The summed E-state index contributed by atoms with van der Waals surface area (Å²) >= 11 is 0. The van der Waals surface area contributed by atoms with E-state index in [1.807, 2.05) is 6.92 Å². The quantitative estimate of drug-likeness (QED) is 0.626. The molecule has 0 bridgehead atoms. The molecule has 0 aromatic carbocycles. The number of carbonyl (C=O) groups excluding carboxylic acids is 1. The third kappa shape index (κ3) is 4.58. The number of carbonyl (C=O) groups is 1. The number of hydrogen-bond acceptors (Lipinski definition) is 4. The van der Waals surface area contributed by atoms with Gasteiger partial charge in [0.1, 0.15) is 0 Å². The van der Waals surface area contributed by atoms with Gasteiger partial charge in [0.25, 0.3) is 0 Å². The van der Waals surface area contributed by atoms with Crippen LogP contribution < -0.4 is 10.6 Å². The van der Waals surface area contributed by atoms with Crippen molar-refractivity contribution in [2.75, 3.05) is 26.2 Å². The molecule has 1 atom stereocenters. The molecule has 1 rings (SSSR count). The van der Waals surface area contributed by atoms with E-state index in [9.17, 15) is 4.79 Å². The molecule has 4 nitrogen and oxygen atoms in total. The van der Waals surface area contributed by atoms with Gasteiger partial charge in [-0.2, -0.15) is 0 Å². The molecule has 1 aliphatic heterocycles. The Morgan fingerprint density at radius 1 is 1.57 bits per heavy atom. The highest BCUT2D eigenvalue weighted by atomic mass is 16.5. The first-order valence-electron chi connectivity index (χ1n) is 5.42. The number of ether oxygens (including phenoxy) is 1. The molecule has 1 saturated heterocycles. The van der Waals surface area contributed by atoms with Gasteiger partial charge in [-0.25, -0.2) is 0 Å². The number of piperidine rings is 1. The molecule has 0 saturated carbocycles. The van der Waals surface area contributed by atoms with Gasteiger partial charge in [-0.05, 0) is 26.3 Å². The Bertz CT molecular complexity index is 168. The Labute approximate surface area is 85.4 Å². The second-order valence-electron chi connectivity index (χ2n) is 3.58. The molecule has 82 valence electrons. The lowest BCUT2D eigenvalue weighted by Crippen LogP contribution is -2.43. The Morgan fingerprint density at radius 3 is 3.07 bits per heavy atom. The first kappa shape index (κ1) is 11.5. The number of nitrogens with one attached hydrogen (secondary N) is 2. The van der Waals surface area contributed by atoms with E-state index < -0.39 is 0 Å². The van der Waals surface area contributed by atoms with Crippen LogP contribution >= 0.6 is 0 Å². The summed E-state index contributed by atoms with van der Waals surface area (Å²) in [6.45, 7) is 4.57. The minimum Gasteiger partial charge on any atom is -0.465 e. The first-order valence-corrected chi connectivity index (χ1v) is 5.42. The van der Waals surface area contributed by atoms with E-state index >= 15 is 0 Å². The molecule has 1 heterocycles. The summed E-state index contributed by atoms with van der Waals surface area (Å²) in [5.41, 5.74) is 0. The van der Waals surface area contributed by atoms with Crippen molar-refractivity contribution in [3.05, 3.63) is 0 Å². The highest BCUT2D eigenvalue weighted by molar-refractivity contribution is 5.71. The van der Waals surface area contributed by atoms with Gasteiger partial charge in [-0.1, -0.05) is 6.42 Å². The third-order valence-electron chi connectivity index (χ3n) is 2.38. The fourth-order valence-corrected chi connectivity index (χ4v) is 1.66. The summed E-state index contributed by atoms with van der Waals surface area (Å²) in [4.78, 5) is 11.0. The molecule has 0 radical (unpaired) electrons. The Morgan fingerprint density at radius 2 is 2.43 bits per heavy atom. The summed E-state index contributed by atoms with van der Waals surface area (Å²) in [5, 5.41) is 6.51. The van der Waals surface area contributed by atoms with E-state index in [0.29, 0.717) is 19.2 Å². The molecule has 0 aromatic heterocycles. The largest absolute Gasteiger partial charge is 0.465 e. The van der Waals surface area contributed by atoms with Crippen LogP contribution in [0.3, 0.4) is 0 Å². The van der Waals surface area contributed by atoms with Crippen LogP contribution in [0.25, 0.3) is 0 Å². The van der Waals surface area contributed by atoms with Gasteiger partial charge in [0, 0.05) is 12.6 Å². The van der Waals surface area contributed by atoms with Crippen LogP contribution in [0, 0.1) is 0 Å². The van der Waals surface area contributed by atoms with Gasteiger partial charge >= 0.3 is 5.97 Å². The van der Waals surface area contributed by atoms with Crippen molar-refractivity contribution in [1.82, 2.24) is 10.6 Å². The minimum atomic E-state index is -0.164. The first-order chi connectivity index (χ1) is 6.83. The van der Waals surface area contributed by atoms with Gasteiger partial charge in [0.2, 0.25) is 0 Å². The Kier molecular flexibility index (Phi) is 5.56. The zero-order chi connectivity index (χ0) is 10.2. The molecule has 2 N–H and O–H groups in total. The van der Waals surface area contributed by atoms with Crippen molar-refractivity contribution < 1.29 is 9.53 Å². The molecule has 4 heteroatoms. The van der Waals surface area contributed by atoms with E-state index in [1.165, 1.54) is 19.3 Å². The van der Waals surface area contributed by atoms with Crippen molar-refractivity contribution >= 4 is 5.97 Å². The highest BCUT2D eigenvalue weighted by Gasteiger charge is 2.12. The lowest BCUT2D eigenvalue weighted by atomic mass is 10.1. The summed E-state index contributed by atoms with van der Waals surface area (Å²) in [5.74, 6) is -0.164. The molecule has 1 aliphatic rings. The second kappa shape index (κ2) is 6.79. The summed E-state index contributed by atoms with van der Waals surface area (Å²) in [6, 6.07) is 0.526. The predicted molar refractivity (Wildman–Crippen MR) is 55.1 cm³/mol. The van der Waals surface area contributed by atoms with Crippen LogP contribution in [-0.2, 0) is 9.53 Å². The molecule has 1 unspecified atom stereocenters. The summed E-state index contributed by atoms with van der Waals surface area (Å²) < 4.78 is 4.81. The smallest absolute Gasteiger partial charge is 0.319 e. The molecule has 0 aliphatic carbocycles. The third-order valence-corrected chi connectivity index (χ3v) is 2.38. The van der Waals surface area contributed by atoms with Gasteiger partial charge in [0.05, 0.1) is 13.2 Å². The molecule has 0 amide bonds. The van der Waals surface area contributed by atoms with E-state index in [2.05, 4.69) is 10.6 Å². The molecule has 0 spiro atoms. The average Bonchev–Trinajstić information content (AvgIpc) is 2.20. The molecule has 14 heavy (non-hydrogen) atoms. The van der Waals surface area contributed by atoms with Crippen LogP contribution in [0.1, 0.15) is 26.2 Å². The van der Waals surface area contributed by atoms with E-state index in [0.717, 1.165) is 13.1 Å². The molecular formula is C10H20N2O2. The SMILES string of the molecule is CCOC(=O)CNCC1CCCCN1. The highest BCUT2D eigenvalue weighted by Crippen LogP contribution is 2.05. The zero-order valence-electron chi connectivity index (χ0n) is 8.84. The van der Waals surface area contributed by atoms with Crippen molar-refractivity contribution in [2.24, 2.45) is 0 Å². The standard InChI is InChI=1S/C10H20N2O2/c1-2-14-10(13)8-11-7-9-5-3-4-6-12-9/h9,11-12H,2-8H2,1H3. The lowest BCUT2D eigenvalue weighted by Gasteiger charge is -2.23. The monoisotopic (exact) mass is 200 g/mol. The fraction of sp³-hybridized carbons (Fsp3) is 0.900. The van der Waals surface area contributed by atoms with Crippen LogP contribution in [0.5, 0.6) is 0 Å². The predicted octanol–water partition coefficient (Wildman–Crippen LogP) is 0.281. The maximum atomic E-state index is 11.0. The normalized spacial score (nSPS) is 21.9. The van der Waals surface area contributed by atoms with Gasteiger partial charge in [-0.15, -0.1) is 0 Å². The molecular weight excluding hydrogens is 180 g/mol. The number of esters is 1. The Balaban J connectivity index is 1.99. The van der Waals surface area contributed by atoms with Crippen molar-refractivity contribution in [2.45, 2.75) is 32.2 Å². The molecule has 0 aromatic rings. The van der Waals surface area contributed by atoms with Crippen LogP contribution in [0.15, 0.2) is 0 Å². The van der Waals surface area contributed by atoms with Crippen LogP contribution in [-0.4, -0.2) is 38.3 Å². The van der Waals surface area contributed by atoms with Crippen LogP contribution in [0.4, 0.5) is 0 Å². The lowest BCUT2D eigenvalue weighted by molar-refractivity contribution is -0.142. The summed E-state index contributed by atoms with van der Waals surface area (Å²) in [7, 11) is 0. The van der Waals surface area contributed by atoms with Gasteiger partial charge in [0.15, 0.2) is 0 Å². The van der Waals surface area contributed by atoms with Gasteiger partial charge in [-0.3, -0.25) is 4.79 Å². The van der Waals surface area contributed by atoms with E-state index in [-0.39, 0.29) is 5.97 Å². The average molecular weight is 200 g/mol. The Hall–Kier alpha value is -0.610. The topological polar surface area (TPSA) is 50.4 Å². The summed E-state index contributed by atoms with van der Waals surface area (Å²) in [6.07, 6.45) is 3.77. The van der Waals surface area contributed by atoms with Crippen LogP contribution in [0.2, 0.25) is 0 Å². The van der Waals surface area contributed by atoms with Gasteiger partial charge < -0.3 is 15.4 Å². The maximum Gasteiger partial charge on any atom is 0.319 e. The minimum absolute atomic E-state index is 0.164. The van der Waals surface area contributed by atoms with Crippen molar-refractivity contribution in [1.29, 1.82) is 0 Å². The molecule has 1 fully saturated rings.